The zero-order valence-corrected chi connectivity index (χ0v) is 17.2. The Hall–Kier alpha value is -1.22. The predicted octanol–water partition coefficient (Wildman–Crippen LogP) is 1.84. The fraction of sp³-hybridized carbons (Fsp3) is 0.895. The summed E-state index contributed by atoms with van der Waals surface area (Å²) in [4.78, 5) is 23.8. The first-order valence-electron chi connectivity index (χ1n) is 9.66. The lowest BCUT2D eigenvalue weighted by Gasteiger charge is -2.18. The van der Waals surface area contributed by atoms with Crippen LogP contribution in [0.25, 0.3) is 0 Å². The molecule has 0 rings (SSSR count). The van der Waals surface area contributed by atoms with Crippen LogP contribution >= 0.6 is 0 Å². The predicted molar refractivity (Wildman–Crippen MR) is 99.5 cm³/mol. The molecule has 0 aliphatic rings. The molecule has 2 unspecified atom stereocenters. The smallest absolute Gasteiger partial charge is 0.309 e. The Morgan fingerprint density at radius 2 is 1.11 bits per heavy atom. The van der Waals surface area contributed by atoms with E-state index in [2.05, 4.69) is 0 Å². The van der Waals surface area contributed by atoms with Crippen LogP contribution in [0.4, 0.5) is 0 Å². The second-order valence-corrected chi connectivity index (χ2v) is 5.98. The average molecular weight is 392 g/mol. The number of carbonyl (C=O) groups excluding carboxylic acids is 2. The number of hydrogen-bond donors (Lipinski definition) is 0. The fourth-order valence-corrected chi connectivity index (χ4v) is 2.01. The molecule has 0 fully saturated rings. The molecule has 0 spiro atoms. The van der Waals surface area contributed by atoms with Crippen LogP contribution in [0.15, 0.2) is 0 Å². The Bertz CT molecular complexity index is 375. The van der Waals surface area contributed by atoms with Crippen molar-refractivity contribution in [3.63, 3.8) is 0 Å². The molecular weight excluding hydrogens is 356 g/mol. The molecule has 0 aliphatic carbocycles. The minimum absolute atomic E-state index is 0.153. The molecule has 8 heteroatoms. The van der Waals surface area contributed by atoms with Crippen LogP contribution in [0, 0.1) is 11.8 Å². The molecule has 0 amide bonds. The summed E-state index contributed by atoms with van der Waals surface area (Å²) in [6.45, 7) is 11.7. The van der Waals surface area contributed by atoms with E-state index < -0.39 is 5.92 Å². The molecule has 0 N–H and O–H groups in total. The van der Waals surface area contributed by atoms with Crippen LogP contribution in [0.5, 0.6) is 0 Å². The number of rotatable bonds is 18. The molecule has 27 heavy (non-hydrogen) atoms. The minimum Gasteiger partial charge on any atom is -0.463 e. The third kappa shape index (κ3) is 15.5. The van der Waals surface area contributed by atoms with Crippen molar-refractivity contribution in [1.82, 2.24) is 0 Å². The number of hydrogen-bond acceptors (Lipinski definition) is 8. The van der Waals surface area contributed by atoms with E-state index in [0.29, 0.717) is 52.9 Å². The van der Waals surface area contributed by atoms with E-state index in [1.165, 1.54) is 0 Å². The number of esters is 2. The normalized spacial score (nSPS) is 13.2. The lowest BCUT2D eigenvalue weighted by atomic mass is 9.93. The third-order valence-electron chi connectivity index (χ3n) is 3.83. The van der Waals surface area contributed by atoms with Gasteiger partial charge in [0.05, 0.1) is 45.6 Å². The average Bonchev–Trinajstić information content (AvgIpc) is 2.65. The first-order chi connectivity index (χ1) is 13.0. The summed E-state index contributed by atoms with van der Waals surface area (Å²) in [7, 11) is 0. The van der Waals surface area contributed by atoms with Crippen molar-refractivity contribution >= 4 is 11.9 Å². The molecule has 0 aromatic rings. The monoisotopic (exact) mass is 392 g/mol. The molecule has 2 atom stereocenters. The maximum absolute atomic E-state index is 12.0. The van der Waals surface area contributed by atoms with Crippen molar-refractivity contribution in [1.29, 1.82) is 0 Å². The largest absolute Gasteiger partial charge is 0.463 e. The van der Waals surface area contributed by atoms with E-state index in [-0.39, 0.29) is 37.5 Å². The molecular formula is C19H36O8. The molecule has 0 heterocycles. The number of ether oxygens (including phenoxy) is 6. The first kappa shape index (κ1) is 25.8. The maximum atomic E-state index is 12.0. The molecule has 0 saturated heterocycles. The molecule has 160 valence electrons. The highest BCUT2D eigenvalue weighted by atomic mass is 16.6. The Morgan fingerprint density at radius 1 is 0.667 bits per heavy atom. The second-order valence-electron chi connectivity index (χ2n) is 5.98. The quantitative estimate of drug-likeness (QED) is 0.258. The van der Waals surface area contributed by atoms with Crippen LogP contribution in [-0.4, -0.2) is 78.0 Å². The zero-order chi connectivity index (χ0) is 20.3. The van der Waals surface area contributed by atoms with Crippen molar-refractivity contribution in [3.8, 4) is 0 Å². The molecule has 0 saturated carbocycles. The lowest BCUT2D eigenvalue weighted by molar-refractivity contribution is -0.153. The first-order valence-corrected chi connectivity index (χ1v) is 9.66. The summed E-state index contributed by atoms with van der Waals surface area (Å²) in [6.07, 6.45) is 0.153. The standard InChI is InChI=1S/C19H36O8/c1-5-22-7-9-24-11-13-26-18(20)15-16(3)17(4)19(21)27-14-12-25-10-8-23-6-2/h16-17H,5-15H2,1-4H3. The summed E-state index contributed by atoms with van der Waals surface area (Å²) in [6, 6.07) is 0. The van der Waals surface area contributed by atoms with Crippen molar-refractivity contribution in [3.05, 3.63) is 0 Å². The Labute approximate surface area is 162 Å². The second kappa shape index (κ2) is 18.2. The van der Waals surface area contributed by atoms with E-state index in [9.17, 15) is 9.59 Å². The summed E-state index contributed by atoms with van der Waals surface area (Å²) in [5.41, 5.74) is 0. The summed E-state index contributed by atoms with van der Waals surface area (Å²) < 4.78 is 31.1. The van der Waals surface area contributed by atoms with Gasteiger partial charge in [-0.05, 0) is 19.8 Å². The van der Waals surface area contributed by atoms with Crippen molar-refractivity contribution in [2.45, 2.75) is 34.1 Å². The van der Waals surface area contributed by atoms with Gasteiger partial charge in [-0.15, -0.1) is 0 Å². The van der Waals surface area contributed by atoms with E-state index in [0.717, 1.165) is 0 Å². The highest BCUT2D eigenvalue weighted by Crippen LogP contribution is 2.17. The highest BCUT2D eigenvalue weighted by Gasteiger charge is 2.24. The minimum atomic E-state index is -0.400. The van der Waals surface area contributed by atoms with Gasteiger partial charge in [-0.25, -0.2) is 0 Å². The summed E-state index contributed by atoms with van der Waals surface area (Å²) >= 11 is 0. The zero-order valence-electron chi connectivity index (χ0n) is 17.2. The molecule has 0 radical (unpaired) electrons. The van der Waals surface area contributed by atoms with Gasteiger partial charge in [-0.2, -0.15) is 0 Å². The van der Waals surface area contributed by atoms with Gasteiger partial charge in [0.1, 0.15) is 13.2 Å². The van der Waals surface area contributed by atoms with Crippen LogP contribution < -0.4 is 0 Å². The Kier molecular flexibility index (Phi) is 17.3. The van der Waals surface area contributed by atoms with Gasteiger partial charge in [0, 0.05) is 19.6 Å². The molecule has 0 bridgehead atoms. The fourth-order valence-electron chi connectivity index (χ4n) is 2.01. The molecule has 0 aliphatic heterocycles. The van der Waals surface area contributed by atoms with E-state index >= 15 is 0 Å². The topological polar surface area (TPSA) is 89.5 Å². The highest BCUT2D eigenvalue weighted by molar-refractivity contribution is 5.74. The van der Waals surface area contributed by atoms with E-state index in [4.69, 9.17) is 28.4 Å². The van der Waals surface area contributed by atoms with Crippen LogP contribution in [0.3, 0.4) is 0 Å². The van der Waals surface area contributed by atoms with Gasteiger partial charge >= 0.3 is 11.9 Å². The van der Waals surface area contributed by atoms with Gasteiger partial charge in [0.2, 0.25) is 0 Å². The maximum Gasteiger partial charge on any atom is 0.309 e. The van der Waals surface area contributed by atoms with Crippen molar-refractivity contribution in [2.75, 3.05) is 66.1 Å². The van der Waals surface area contributed by atoms with Crippen LogP contribution in [-0.2, 0) is 38.0 Å². The Balaban J connectivity index is 3.74. The molecule has 0 aromatic heterocycles. The van der Waals surface area contributed by atoms with Gasteiger partial charge in [0.15, 0.2) is 0 Å². The molecule has 0 aromatic carbocycles. The molecule has 8 nitrogen and oxygen atoms in total. The van der Waals surface area contributed by atoms with Gasteiger partial charge in [-0.3, -0.25) is 9.59 Å². The SMILES string of the molecule is CCOCCOCCOC(=O)CC(C)C(C)C(=O)OCCOCCOCC. The van der Waals surface area contributed by atoms with Gasteiger partial charge < -0.3 is 28.4 Å². The van der Waals surface area contributed by atoms with Crippen molar-refractivity contribution < 1.29 is 38.0 Å². The van der Waals surface area contributed by atoms with E-state index in [1.807, 2.05) is 20.8 Å². The summed E-state index contributed by atoms with van der Waals surface area (Å²) in [5, 5.41) is 0. The van der Waals surface area contributed by atoms with Gasteiger partial charge in [-0.1, -0.05) is 13.8 Å². The Morgan fingerprint density at radius 3 is 1.63 bits per heavy atom. The van der Waals surface area contributed by atoms with Gasteiger partial charge in [0.25, 0.3) is 0 Å². The van der Waals surface area contributed by atoms with E-state index in [1.54, 1.807) is 6.92 Å². The van der Waals surface area contributed by atoms with Crippen LogP contribution in [0.2, 0.25) is 0 Å². The summed E-state index contributed by atoms with van der Waals surface area (Å²) in [5.74, 6) is -1.27. The number of carbonyl (C=O) groups is 2. The van der Waals surface area contributed by atoms with Crippen molar-refractivity contribution in [2.24, 2.45) is 11.8 Å². The third-order valence-corrected chi connectivity index (χ3v) is 3.83. The lowest BCUT2D eigenvalue weighted by Crippen LogP contribution is -2.25. The van der Waals surface area contributed by atoms with Crippen LogP contribution in [0.1, 0.15) is 34.1 Å².